The summed E-state index contributed by atoms with van der Waals surface area (Å²) in [4.78, 5) is 24.2. The Morgan fingerprint density at radius 2 is 1.69 bits per heavy atom. The number of sulfonamides is 1. The summed E-state index contributed by atoms with van der Waals surface area (Å²) < 4.78 is 37.3. The third-order valence-electron chi connectivity index (χ3n) is 5.05. The van der Waals surface area contributed by atoms with Crippen LogP contribution < -0.4 is 14.8 Å². The number of benzene rings is 2. The lowest BCUT2D eigenvalue weighted by molar-refractivity contribution is -0.385. The smallest absolute Gasteiger partial charge is 0.317 e. The Labute approximate surface area is 185 Å². The van der Waals surface area contributed by atoms with Gasteiger partial charge in [-0.15, -0.1) is 0 Å². The van der Waals surface area contributed by atoms with Crippen molar-refractivity contribution in [3.05, 3.63) is 58.1 Å². The Morgan fingerprint density at radius 1 is 1.06 bits per heavy atom. The zero-order valence-electron chi connectivity index (χ0n) is 17.7. The fourth-order valence-corrected chi connectivity index (χ4v) is 4.76. The van der Waals surface area contributed by atoms with Crippen molar-refractivity contribution in [3.63, 3.8) is 0 Å². The van der Waals surface area contributed by atoms with Gasteiger partial charge in [-0.3, -0.25) is 10.1 Å². The average molecular weight is 465 g/mol. The van der Waals surface area contributed by atoms with E-state index in [1.54, 1.807) is 18.2 Å². The number of nitro groups is 1. The molecule has 0 radical (unpaired) electrons. The summed E-state index contributed by atoms with van der Waals surface area (Å²) in [6.07, 6.45) is 0. The van der Waals surface area contributed by atoms with Crippen molar-refractivity contribution in [2.45, 2.75) is 11.4 Å². The summed E-state index contributed by atoms with van der Waals surface area (Å²) in [6, 6.07) is 9.91. The molecule has 32 heavy (non-hydrogen) atoms. The molecule has 172 valence electrons. The lowest BCUT2D eigenvalue weighted by Gasteiger charge is -2.34. The second kappa shape index (κ2) is 9.83. The van der Waals surface area contributed by atoms with Crippen LogP contribution in [0.1, 0.15) is 5.56 Å². The van der Waals surface area contributed by atoms with Crippen molar-refractivity contribution >= 4 is 21.7 Å². The number of urea groups is 1. The number of carbonyl (C=O) groups is 1. The predicted molar refractivity (Wildman–Crippen MR) is 115 cm³/mol. The number of amides is 2. The van der Waals surface area contributed by atoms with Gasteiger partial charge in [-0.25, -0.2) is 13.2 Å². The fraction of sp³-hybridized carbons (Fsp3) is 0.350. The largest absolute Gasteiger partial charge is 0.497 e. The highest BCUT2D eigenvalue weighted by molar-refractivity contribution is 7.89. The Kier molecular flexibility index (Phi) is 7.15. The number of carbonyl (C=O) groups excluding carboxylic acids is 1. The van der Waals surface area contributed by atoms with E-state index in [0.717, 1.165) is 11.6 Å². The van der Waals surface area contributed by atoms with Crippen LogP contribution in [0.2, 0.25) is 0 Å². The number of methoxy groups -OCH3 is 2. The van der Waals surface area contributed by atoms with Crippen LogP contribution in [-0.2, 0) is 16.6 Å². The Hall–Kier alpha value is -3.38. The zero-order valence-corrected chi connectivity index (χ0v) is 18.5. The van der Waals surface area contributed by atoms with Gasteiger partial charge in [0.15, 0.2) is 0 Å². The maximum Gasteiger partial charge on any atom is 0.317 e. The molecule has 12 heteroatoms. The fourth-order valence-electron chi connectivity index (χ4n) is 3.30. The van der Waals surface area contributed by atoms with Crippen molar-refractivity contribution < 1.29 is 27.6 Å². The van der Waals surface area contributed by atoms with E-state index in [-0.39, 0.29) is 49.3 Å². The maximum atomic E-state index is 12.8. The summed E-state index contributed by atoms with van der Waals surface area (Å²) in [5, 5.41) is 13.8. The van der Waals surface area contributed by atoms with E-state index in [1.807, 2.05) is 0 Å². The highest BCUT2D eigenvalue weighted by Gasteiger charge is 2.31. The number of non-ortho nitro benzene ring substituents is 1. The third-order valence-corrected chi connectivity index (χ3v) is 6.94. The summed E-state index contributed by atoms with van der Waals surface area (Å²) in [6.45, 7) is 0.818. The highest BCUT2D eigenvalue weighted by Crippen LogP contribution is 2.23. The van der Waals surface area contributed by atoms with Gasteiger partial charge in [0.1, 0.15) is 11.5 Å². The molecule has 11 nitrogen and oxygen atoms in total. The molecule has 1 heterocycles. The van der Waals surface area contributed by atoms with E-state index in [9.17, 15) is 23.3 Å². The monoisotopic (exact) mass is 464 g/mol. The van der Waals surface area contributed by atoms with Crippen LogP contribution in [-0.4, -0.2) is 69.0 Å². The summed E-state index contributed by atoms with van der Waals surface area (Å²) in [5.41, 5.74) is 0.500. The number of rotatable bonds is 7. The molecule has 0 spiro atoms. The number of nitro benzene ring substituents is 1. The molecule has 2 aromatic rings. The number of hydrogen-bond donors (Lipinski definition) is 1. The van der Waals surface area contributed by atoms with Gasteiger partial charge < -0.3 is 19.7 Å². The Morgan fingerprint density at radius 3 is 2.25 bits per heavy atom. The summed E-state index contributed by atoms with van der Waals surface area (Å²) in [7, 11) is -0.815. The van der Waals surface area contributed by atoms with Crippen molar-refractivity contribution in [1.82, 2.24) is 14.5 Å². The molecule has 0 unspecified atom stereocenters. The quantitative estimate of drug-likeness (QED) is 0.488. The number of piperazine rings is 1. The van der Waals surface area contributed by atoms with Gasteiger partial charge in [0.2, 0.25) is 10.0 Å². The molecule has 1 saturated heterocycles. The number of hydrogen-bond acceptors (Lipinski definition) is 7. The maximum absolute atomic E-state index is 12.8. The standard InChI is InChI=1S/C20H24N4O7S/c1-30-17-10-15(11-18(13-17)31-2)14-21-20(25)22-6-8-23(9-7-22)32(28,29)19-5-3-4-16(12-19)24(26)27/h3-5,10-13H,6-9,14H2,1-2H3,(H,21,25). The van der Waals surface area contributed by atoms with Gasteiger partial charge in [0.25, 0.3) is 5.69 Å². The van der Waals surface area contributed by atoms with Crippen LogP contribution in [0, 0.1) is 10.1 Å². The molecule has 0 atom stereocenters. The minimum absolute atomic E-state index is 0.0887. The minimum Gasteiger partial charge on any atom is -0.497 e. The first-order chi connectivity index (χ1) is 15.2. The van der Waals surface area contributed by atoms with Gasteiger partial charge in [-0.2, -0.15) is 4.31 Å². The van der Waals surface area contributed by atoms with Gasteiger partial charge >= 0.3 is 6.03 Å². The van der Waals surface area contributed by atoms with Gasteiger partial charge in [-0.1, -0.05) is 6.07 Å². The van der Waals surface area contributed by atoms with Crippen molar-refractivity contribution in [3.8, 4) is 11.5 Å². The number of ether oxygens (including phenoxy) is 2. The van der Waals surface area contributed by atoms with Crippen molar-refractivity contribution in [2.24, 2.45) is 0 Å². The molecule has 2 amide bonds. The van der Waals surface area contributed by atoms with E-state index in [4.69, 9.17) is 9.47 Å². The van der Waals surface area contributed by atoms with E-state index >= 15 is 0 Å². The Bertz CT molecular complexity index is 1080. The van der Waals surface area contributed by atoms with Crippen LogP contribution >= 0.6 is 0 Å². The molecule has 3 rings (SSSR count). The SMILES string of the molecule is COc1cc(CNC(=O)N2CCN(S(=O)(=O)c3cccc([N+](=O)[O-])c3)CC2)cc(OC)c1. The van der Waals surface area contributed by atoms with Gasteiger partial charge in [-0.05, 0) is 23.8 Å². The molecular formula is C20H24N4O7S. The molecule has 0 bridgehead atoms. The van der Waals surface area contributed by atoms with Crippen LogP contribution in [0.4, 0.5) is 10.5 Å². The first-order valence-electron chi connectivity index (χ1n) is 9.74. The molecule has 2 aromatic carbocycles. The molecule has 1 fully saturated rings. The van der Waals surface area contributed by atoms with Crippen LogP contribution in [0.5, 0.6) is 11.5 Å². The van der Waals surface area contributed by atoms with Crippen LogP contribution in [0.3, 0.4) is 0 Å². The molecule has 0 aromatic heterocycles. The zero-order chi connectivity index (χ0) is 23.3. The normalized spacial score (nSPS) is 14.6. The molecule has 0 saturated carbocycles. The minimum atomic E-state index is -3.90. The summed E-state index contributed by atoms with van der Waals surface area (Å²) >= 11 is 0. The van der Waals surface area contributed by atoms with Gasteiger partial charge in [0.05, 0.1) is 24.0 Å². The third kappa shape index (κ3) is 5.26. The first-order valence-corrected chi connectivity index (χ1v) is 11.2. The van der Waals surface area contributed by atoms with E-state index in [2.05, 4.69) is 5.32 Å². The second-order valence-corrected chi connectivity index (χ2v) is 8.96. The van der Waals surface area contributed by atoms with Gasteiger partial charge in [0, 0.05) is 50.9 Å². The number of nitrogens with zero attached hydrogens (tertiary/aromatic N) is 3. The molecule has 0 aliphatic carbocycles. The molecule has 1 N–H and O–H groups in total. The highest BCUT2D eigenvalue weighted by atomic mass is 32.2. The number of nitrogens with one attached hydrogen (secondary N) is 1. The van der Waals surface area contributed by atoms with Crippen molar-refractivity contribution in [1.29, 1.82) is 0 Å². The average Bonchev–Trinajstić information content (AvgIpc) is 2.82. The summed E-state index contributed by atoms with van der Waals surface area (Å²) in [5.74, 6) is 1.21. The van der Waals surface area contributed by atoms with E-state index in [1.165, 1.54) is 41.6 Å². The molecule has 1 aliphatic rings. The van der Waals surface area contributed by atoms with Crippen LogP contribution in [0.15, 0.2) is 47.4 Å². The Balaban J connectivity index is 1.59. The van der Waals surface area contributed by atoms with Crippen LogP contribution in [0.25, 0.3) is 0 Å². The van der Waals surface area contributed by atoms with E-state index < -0.39 is 14.9 Å². The molecular weight excluding hydrogens is 440 g/mol. The lowest BCUT2D eigenvalue weighted by Crippen LogP contribution is -2.52. The van der Waals surface area contributed by atoms with Crippen molar-refractivity contribution in [2.75, 3.05) is 40.4 Å². The topological polar surface area (TPSA) is 131 Å². The molecule has 1 aliphatic heterocycles. The van der Waals surface area contributed by atoms with E-state index in [0.29, 0.717) is 11.5 Å². The lowest BCUT2D eigenvalue weighted by atomic mass is 10.2. The second-order valence-electron chi connectivity index (χ2n) is 7.03. The predicted octanol–water partition coefficient (Wildman–Crippen LogP) is 1.83. The first kappa shape index (κ1) is 23.3.